The lowest BCUT2D eigenvalue weighted by Crippen LogP contribution is -2.35. The third kappa shape index (κ3) is 2.80. The molecule has 1 aromatic heterocycles. The molecule has 1 saturated heterocycles. The molecule has 2 atom stereocenters. The van der Waals surface area contributed by atoms with Crippen molar-refractivity contribution in [2.45, 2.75) is 44.8 Å². The predicted molar refractivity (Wildman–Crippen MR) is 85.5 cm³/mol. The number of hydrogen-bond donors (Lipinski definition) is 1. The lowest BCUT2D eigenvalue weighted by Gasteiger charge is -2.31. The maximum absolute atomic E-state index is 13.6. The molecule has 0 amide bonds. The Morgan fingerprint density at radius 1 is 1.23 bits per heavy atom. The number of halogens is 1. The number of hydrogen-bond acceptors (Lipinski definition) is 3. The van der Waals surface area contributed by atoms with Crippen LogP contribution in [-0.2, 0) is 4.74 Å². The van der Waals surface area contributed by atoms with E-state index in [4.69, 9.17) is 4.74 Å². The number of nitrogens with one attached hydrogen (secondary N) is 1. The number of pyridine rings is 1. The van der Waals surface area contributed by atoms with Crippen LogP contribution in [0.25, 0.3) is 10.9 Å². The highest BCUT2D eigenvalue weighted by molar-refractivity contribution is 5.91. The first-order chi connectivity index (χ1) is 10.7. The van der Waals surface area contributed by atoms with Gasteiger partial charge in [0.25, 0.3) is 0 Å². The summed E-state index contributed by atoms with van der Waals surface area (Å²) >= 11 is 0. The van der Waals surface area contributed by atoms with Crippen molar-refractivity contribution in [1.82, 2.24) is 4.98 Å². The molecule has 2 heterocycles. The highest BCUT2D eigenvalue weighted by Gasteiger charge is 2.35. The minimum atomic E-state index is -0.218. The van der Waals surface area contributed by atoms with Crippen molar-refractivity contribution in [1.29, 1.82) is 0 Å². The third-order valence-corrected chi connectivity index (χ3v) is 4.72. The summed E-state index contributed by atoms with van der Waals surface area (Å²) < 4.78 is 19.5. The summed E-state index contributed by atoms with van der Waals surface area (Å²) in [7, 11) is 0. The molecule has 116 valence electrons. The molecule has 0 bridgehead atoms. The molecule has 1 saturated carbocycles. The topological polar surface area (TPSA) is 34.1 Å². The molecular formula is C18H21FN2O. The second kappa shape index (κ2) is 5.51. The van der Waals surface area contributed by atoms with Crippen molar-refractivity contribution in [2.24, 2.45) is 5.92 Å². The second-order valence-corrected chi connectivity index (χ2v) is 6.58. The average Bonchev–Trinajstić information content (AvgIpc) is 3.33. The van der Waals surface area contributed by atoms with Crippen LogP contribution in [0.15, 0.2) is 24.3 Å². The minimum absolute atomic E-state index is 0.218. The maximum atomic E-state index is 13.6. The summed E-state index contributed by atoms with van der Waals surface area (Å²) in [5.74, 6) is 0.544. The molecule has 1 aliphatic carbocycles. The molecular weight excluding hydrogens is 279 g/mol. The van der Waals surface area contributed by atoms with Gasteiger partial charge in [0, 0.05) is 29.4 Å². The summed E-state index contributed by atoms with van der Waals surface area (Å²) in [4.78, 5) is 4.49. The number of nitrogens with zero attached hydrogens (tertiary/aromatic N) is 1. The van der Waals surface area contributed by atoms with Gasteiger partial charge in [-0.1, -0.05) is 0 Å². The van der Waals surface area contributed by atoms with Crippen molar-refractivity contribution in [3.8, 4) is 0 Å². The fourth-order valence-electron chi connectivity index (χ4n) is 3.43. The quantitative estimate of drug-likeness (QED) is 0.928. The lowest BCUT2D eigenvalue weighted by atomic mass is 9.99. The van der Waals surface area contributed by atoms with E-state index in [1.54, 1.807) is 12.1 Å². The Morgan fingerprint density at radius 3 is 2.91 bits per heavy atom. The van der Waals surface area contributed by atoms with Gasteiger partial charge in [-0.05, 0) is 62.8 Å². The minimum Gasteiger partial charge on any atom is -0.382 e. The van der Waals surface area contributed by atoms with Crippen LogP contribution in [0.1, 0.15) is 31.4 Å². The Kier molecular flexibility index (Phi) is 3.49. The number of aromatic nitrogens is 1. The van der Waals surface area contributed by atoms with Gasteiger partial charge in [-0.25, -0.2) is 4.39 Å². The van der Waals surface area contributed by atoms with E-state index in [-0.39, 0.29) is 5.82 Å². The van der Waals surface area contributed by atoms with Crippen molar-refractivity contribution in [2.75, 3.05) is 11.9 Å². The van der Waals surface area contributed by atoms with Crippen molar-refractivity contribution in [3.63, 3.8) is 0 Å². The summed E-state index contributed by atoms with van der Waals surface area (Å²) in [6.45, 7) is 2.79. The Balaban J connectivity index is 1.61. The molecule has 1 aliphatic heterocycles. The van der Waals surface area contributed by atoms with Crippen LogP contribution in [0.2, 0.25) is 0 Å². The number of ether oxygens (including phenoxy) is 1. The van der Waals surface area contributed by atoms with Crippen molar-refractivity contribution < 1.29 is 9.13 Å². The van der Waals surface area contributed by atoms with Crippen LogP contribution in [0.5, 0.6) is 0 Å². The van der Waals surface area contributed by atoms with E-state index >= 15 is 0 Å². The first-order valence-corrected chi connectivity index (χ1v) is 8.14. The zero-order valence-electron chi connectivity index (χ0n) is 12.8. The van der Waals surface area contributed by atoms with E-state index < -0.39 is 0 Å². The van der Waals surface area contributed by atoms with Crippen LogP contribution in [0.3, 0.4) is 0 Å². The summed E-state index contributed by atoms with van der Waals surface area (Å²) in [6, 6.07) is 7.20. The second-order valence-electron chi connectivity index (χ2n) is 6.58. The SMILES string of the molecule is Cc1cc(NC2CCOC(C3CC3)C2)c2cc(F)ccc2n1. The fourth-order valence-corrected chi connectivity index (χ4v) is 3.43. The number of anilines is 1. The molecule has 0 spiro atoms. The molecule has 0 radical (unpaired) electrons. The normalized spacial score (nSPS) is 25.4. The zero-order valence-corrected chi connectivity index (χ0v) is 12.8. The molecule has 1 aromatic carbocycles. The van der Waals surface area contributed by atoms with Crippen LogP contribution in [-0.4, -0.2) is 23.7 Å². The van der Waals surface area contributed by atoms with Gasteiger partial charge in [-0.3, -0.25) is 4.98 Å². The summed E-state index contributed by atoms with van der Waals surface area (Å²) in [5, 5.41) is 4.48. The van der Waals surface area contributed by atoms with Gasteiger partial charge in [0.1, 0.15) is 5.82 Å². The zero-order chi connectivity index (χ0) is 15.1. The first-order valence-electron chi connectivity index (χ1n) is 8.14. The smallest absolute Gasteiger partial charge is 0.124 e. The van der Waals surface area contributed by atoms with Crippen molar-refractivity contribution >= 4 is 16.6 Å². The lowest BCUT2D eigenvalue weighted by molar-refractivity contribution is -0.00217. The molecule has 2 fully saturated rings. The number of benzene rings is 1. The van der Waals surface area contributed by atoms with Gasteiger partial charge < -0.3 is 10.1 Å². The Hall–Kier alpha value is -1.68. The highest BCUT2D eigenvalue weighted by Crippen LogP contribution is 2.39. The number of rotatable bonds is 3. The van der Waals surface area contributed by atoms with Crippen LogP contribution in [0, 0.1) is 18.7 Å². The van der Waals surface area contributed by atoms with E-state index in [2.05, 4.69) is 10.3 Å². The molecule has 4 heteroatoms. The monoisotopic (exact) mass is 300 g/mol. The van der Waals surface area contributed by atoms with Gasteiger partial charge in [0.05, 0.1) is 11.6 Å². The van der Waals surface area contributed by atoms with E-state index in [0.717, 1.165) is 47.7 Å². The van der Waals surface area contributed by atoms with Crippen molar-refractivity contribution in [3.05, 3.63) is 35.8 Å². The van der Waals surface area contributed by atoms with E-state index in [1.807, 2.05) is 13.0 Å². The number of aryl methyl sites for hydroxylation is 1. The van der Waals surface area contributed by atoms with Gasteiger partial charge in [0.2, 0.25) is 0 Å². The van der Waals surface area contributed by atoms with Gasteiger partial charge >= 0.3 is 0 Å². The van der Waals surface area contributed by atoms with Crippen LogP contribution in [0.4, 0.5) is 10.1 Å². The Morgan fingerprint density at radius 2 is 2.09 bits per heavy atom. The van der Waals surface area contributed by atoms with Gasteiger partial charge in [0.15, 0.2) is 0 Å². The maximum Gasteiger partial charge on any atom is 0.124 e. The van der Waals surface area contributed by atoms with E-state index in [1.165, 1.54) is 18.9 Å². The average molecular weight is 300 g/mol. The molecule has 1 N–H and O–H groups in total. The molecule has 2 aliphatic rings. The molecule has 4 rings (SSSR count). The molecule has 3 nitrogen and oxygen atoms in total. The summed E-state index contributed by atoms with van der Waals surface area (Å²) in [6.07, 6.45) is 5.06. The summed E-state index contributed by atoms with van der Waals surface area (Å²) in [5.41, 5.74) is 2.78. The fraction of sp³-hybridized carbons (Fsp3) is 0.500. The van der Waals surface area contributed by atoms with Crippen LogP contribution < -0.4 is 5.32 Å². The molecule has 22 heavy (non-hydrogen) atoms. The third-order valence-electron chi connectivity index (χ3n) is 4.72. The predicted octanol–water partition coefficient (Wildman–Crippen LogP) is 4.05. The van der Waals surface area contributed by atoms with Gasteiger partial charge in [-0.15, -0.1) is 0 Å². The highest BCUT2D eigenvalue weighted by atomic mass is 19.1. The Labute approximate surface area is 129 Å². The Bertz CT molecular complexity index is 699. The van der Waals surface area contributed by atoms with E-state index in [9.17, 15) is 4.39 Å². The first kappa shape index (κ1) is 13.9. The van der Waals surface area contributed by atoms with Gasteiger partial charge in [-0.2, -0.15) is 0 Å². The number of fused-ring (bicyclic) bond motifs is 1. The van der Waals surface area contributed by atoms with E-state index in [0.29, 0.717) is 12.1 Å². The molecule has 2 unspecified atom stereocenters. The van der Waals surface area contributed by atoms with Crippen LogP contribution >= 0.6 is 0 Å². The molecule has 2 aromatic rings. The largest absolute Gasteiger partial charge is 0.382 e. The standard InChI is InChI=1S/C18H21FN2O/c1-11-8-17(15-9-13(19)4-5-16(15)20-11)21-14-6-7-22-18(10-14)12-2-3-12/h4-5,8-9,12,14,18H,2-3,6-7,10H2,1H3,(H,20,21).